The predicted octanol–water partition coefficient (Wildman–Crippen LogP) is 2.51. The fraction of sp³-hybridized carbons (Fsp3) is 0.455. The Morgan fingerprint density at radius 2 is 1.93 bits per heavy atom. The van der Waals surface area contributed by atoms with Crippen molar-refractivity contribution in [2.75, 3.05) is 17.3 Å². The molecular formula is C11H18N2S. The van der Waals surface area contributed by atoms with Crippen molar-refractivity contribution in [1.82, 2.24) is 0 Å². The Hall–Kier alpha value is -0.670. The highest BCUT2D eigenvalue weighted by molar-refractivity contribution is 7.99. The molecule has 0 unspecified atom stereocenters. The van der Waals surface area contributed by atoms with Crippen molar-refractivity contribution >= 4 is 17.4 Å². The van der Waals surface area contributed by atoms with Crippen molar-refractivity contribution in [2.45, 2.75) is 19.1 Å². The Labute approximate surface area is 90.4 Å². The second kappa shape index (κ2) is 5.94. The van der Waals surface area contributed by atoms with Gasteiger partial charge in [0.25, 0.3) is 0 Å². The summed E-state index contributed by atoms with van der Waals surface area (Å²) in [6, 6.07) is 10.1. The van der Waals surface area contributed by atoms with Gasteiger partial charge in [-0.15, -0.1) is 0 Å². The van der Waals surface area contributed by atoms with Crippen LogP contribution in [0.1, 0.15) is 13.8 Å². The number of thioether (sulfide) groups is 1. The van der Waals surface area contributed by atoms with E-state index in [1.165, 1.54) is 0 Å². The zero-order valence-corrected chi connectivity index (χ0v) is 9.63. The Bertz CT molecular complexity index is 249. The fourth-order valence-corrected chi connectivity index (χ4v) is 1.91. The van der Waals surface area contributed by atoms with Crippen LogP contribution in [0.4, 0.5) is 5.69 Å². The number of anilines is 1. The third kappa shape index (κ3) is 4.03. The molecule has 0 bridgehead atoms. The summed E-state index contributed by atoms with van der Waals surface area (Å²) in [5.41, 5.74) is 1.08. The number of benzene rings is 1. The summed E-state index contributed by atoms with van der Waals surface area (Å²) in [5.74, 6) is 6.97. The van der Waals surface area contributed by atoms with Crippen LogP contribution in [0.2, 0.25) is 0 Å². The Kier molecular flexibility index (Phi) is 4.84. The normalized spacial score (nSPS) is 10.6. The molecule has 0 amide bonds. The SMILES string of the molecule is CC(C)SCCN(N)c1ccccc1. The largest absolute Gasteiger partial charge is 0.310 e. The van der Waals surface area contributed by atoms with E-state index in [1.807, 2.05) is 42.1 Å². The summed E-state index contributed by atoms with van der Waals surface area (Å²) in [7, 11) is 0. The van der Waals surface area contributed by atoms with E-state index in [1.54, 1.807) is 5.01 Å². The van der Waals surface area contributed by atoms with E-state index < -0.39 is 0 Å². The van der Waals surface area contributed by atoms with Gasteiger partial charge in [-0.1, -0.05) is 32.0 Å². The van der Waals surface area contributed by atoms with Crippen LogP contribution in [-0.4, -0.2) is 17.5 Å². The van der Waals surface area contributed by atoms with Gasteiger partial charge in [0.2, 0.25) is 0 Å². The van der Waals surface area contributed by atoms with Crippen LogP contribution in [0.3, 0.4) is 0 Å². The van der Waals surface area contributed by atoms with Gasteiger partial charge in [-0.2, -0.15) is 11.8 Å². The highest BCUT2D eigenvalue weighted by atomic mass is 32.2. The molecular weight excluding hydrogens is 192 g/mol. The first-order valence-corrected chi connectivity index (χ1v) is 5.94. The van der Waals surface area contributed by atoms with Crippen molar-refractivity contribution in [3.8, 4) is 0 Å². The molecule has 0 heterocycles. The first-order chi connectivity index (χ1) is 6.70. The van der Waals surface area contributed by atoms with Crippen LogP contribution in [-0.2, 0) is 0 Å². The number of rotatable bonds is 5. The maximum absolute atomic E-state index is 5.90. The third-order valence-electron chi connectivity index (χ3n) is 1.87. The molecule has 0 aliphatic rings. The molecule has 2 N–H and O–H groups in total. The van der Waals surface area contributed by atoms with Crippen molar-refractivity contribution in [1.29, 1.82) is 0 Å². The first kappa shape index (κ1) is 11.4. The number of hydrazine groups is 1. The summed E-state index contributed by atoms with van der Waals surface area (Å²) in [6.45, 7) is 5.30. The molecule has 3 heteroatoms. The molecule has 0 aromatic heterocycles. The van der Waals surface area contributed by atoms with E-state index in [-0.39, 0.29) is 0 Å². The highest BCUT2D eigenvalue weighted by Gasteiger charge is 2.00. The van der Waals surface area contributed by atoms with Gasteiger partial charge in [0.1, 0.15) is 0 Å². The lowest BCUT2D eigenvalue weighted by Gasteiger charge is -2.18. The van der Waals surface area contributed by atoms with Gasteiger partial charge in [-0.05, 0) is 17.4 Å². The van der Waals surface area contributed by atoms with Crippen molar-refractivity contribution < 1.29 is 0 Å². The maximum Gasteiger partial charge on any atom is 0.0517 e. The predicted molar refractivity (Wildman–Crippen MR) is 65.6 cm³/mol. The van der Waals surface area contributed by atoms with Crippen LogP contribution >= 0.6 is 11.8 Å². The summed E-state index contributed by atoms with van der Waals surface area (Å²) in [5, 5.41) is 2.48. The lowest BCUT2D eigenvalue weighted by molar-refractivity contribution is 0.897. The average molecular weight is 210 g/mol. The van der Waals surface area contributed by atoms with E-state index in [9.17, 15) is 0 Å². The summed E-state index contributed by atoms with van der Waals surface area (Å²) >= 11 is 1.93. The number of hydrogen-bond acceptors (Lipinski definition) is 3. The highest BCUT2D eigenvalue weighted by Crippen LogP contribution is 2.12. The first-order valence-electron chi connectivity index (χ1n) is 4.89. The van der Waals surface area contributed by atoms with Crippen LogP contribution in [0.5, 0.6) is 0 Å². The van der Waals surface area contributed by atoms with Crippen LogP contribution < -0.4 is 10.9 Å². The summed E-state index contributed by atoms with van der Waals surface area (Å²) in [4.78, 5) is 0. The van der Waals surface area contributed by atoms with E-state index in [2.05, 4.69) is 13.8 Å². The van der Waals surface area contributed by atoms with Crippen LogP contribution in [0, 0.1) is 0 Å². The standard InChI is InChI=1S/C11H18N2S/c1-10(2)14-9-8-13(12)11-6-4-3-5-7-11/h3-7,10H,8-9,12H2,1-2H3. The molecule has 0 spiro atoms. The quantitative estimate of drug-likeness (QED) is 0.598. The molecule has 0 fully saturated rings. The van der Waals surface area contributed by atoms with Gasteiger partial charge in [0.15, 0.2) is 0 Å². The number of para-hydroxylation sites is 1. The number of hydrogen-bond donors (Lipinski definition) is 1. The maximum atomic E-state index is 5.90. The second-order valence-corrected chi connectivity index (χ2v) is 5.13. The molecule has 78 valence electrons. The molecule has 0 radical (unpaired) electrons. The minimum Gasteiger partial charge on any atom is -0.310 e. The van der Waals surface area contributed by atoms with E-state index >= 15 is 0 Å². The third-order valence-corrected chi connectivity index (χ3v) is 2.96. The topological polar surface area (TPSA) is 29.3 Å². The smallest absolute Gasteiger partial charge is 0.0517 e. The van der Waals surface area contributed by atoms with Gasteiger partial charge in [0.05, 0.1) is 5.69 Å². The van der Waals surface area contributed by atoms with Crippen molar-refractivity contribution in [3.05, 3.63) is 30.3 Å². The van der Waals surface area contributed by atoms with E-state index in [0.717, 1.165) is 18.0 Å². The molecule has 0 atom stereocenters. The Morgan fingerprint density at radius 3 is 2.50 bits per heavy atom. The molecule has 1 rings (SSSR count). The fourth-order valence-electron chi connectivity index (χ4n) is 1.14. The van der Waals surface area contributed by atoms with Gasteiger partial charge in [-0.3, -0.25) is 0 Å². The van der Waals surface area contributed by atoms with Gasteiger partial charge < -0.3 is 5.01 Å². The average Bonchev–Trinajstić information content (AvgIpc) is 2.18. The lowest BCUT2D eigenvalue weighted by Crippen LogP contribution is -2.33. The molecule has 0 aliphatic heterocycles. The molecule has 1 aromatic rings. The van der Waals surface area contributed by atoms with E-state index in [0.29, 0.717) is 5.25 Å². The monoisotopic (exact) mass is 210 g/mol. The minimum absolute atomic E-state index is 0.680. The number of nitrogens with zero attached hydrogens (tertiary/aromatic N) is 1. The molecule has 0 saturated carbocycles. The Morgan fingerprint density at radius 1 is 1.29 bits per heavy atom. The molecule has 1 aromatic carbocycles. The lowest BCUT2D eigenvalue weighted by atomic mass is 10.3. The van der Waals surface area contributed by atoms with Crippen molar-refractivity contribution in [2.24, 2.45) is 5.84 Å². The molecule has 14 heavy (non-hydrogen) atoms. The van der Waals surface area contributed by atoms with Crippen LogP contribution in [0.15, 0.2) is 30.3 Å². The van der Waals surface area contributed by atoms with E-state index in [4.69, 9.17) is 5.84 Å². The van der Waals surface area contributed by atoms with Gasteiger partial charge in [0, 0.05) is 12.3 Å². The summed E-state index contributed by atoms with van der Waals surface area (Å²) in [6.07, 6.45) is 0. The molecule has 0 aliphatic carbocycles. The second-order valence-electron chi connectivity index (χ2n) is 3.45. The van der Waals surface area contributed by atoms with Gasteiger partial charge in [-0.25, -0.2) is 5.84 Å². The zero-order valence-electron chi connectivity index (χ0n) is 8.81. The number of nitrogens with two attached hydrogens (primary N) is 1. The van der Waals surface area contributed by atoms with Crippen LogP contribution in [0.25, 0.3) is 0 Å². The molecule has 2 nitrogen and oxygen atoms in total. The van der Waals surface area contributed by atoms with Crippen molar-refractivity contribution in [3.63, 3.8) is 0 Å². The Balaban J connectivity index is 2.32. The zero-order chi connectivity index (χ0) is 10.4. The summed E-state index contributed by atoms with van der Waals surface area (Å²) < 4.78 is 0. The molecule has 0 saturated heterocycles. The minimum atomic E-state index is 0.680. The van der Waals surface area contributed by atoms with Gasteiger partial charge >= 0.3 is 0 Å².